The molecule has 0 saturated carbocycles. The van der Waals surface area contributed by atoms with Crippen molar-refractivity contribution >= 4 is 11.9 Å². The van der Waals surface area contributed by atoms with Crippen LogP contribution >= 0.6 is 0 Å². The van der Waals surface area contributed by atoms with Crippen molar-refractivity contribution in [1.82, 2.24) is 0 Å². The first-order valence-corrected chi connectivity index (χ1v) is 12.1. The lowest BCUT2D eigenvalue weighted by molar-refractivity contribution is -0.110. The molecule has 0 aliphatic carbocycles. The van der Waals surface area contributed by atoms with Crippen molar-refractivity contribution in [2.45, 2.75) is 43.5 Å². The summed E-state index contributed by atoms with van der Waals surface area (Å²) in [5.74, 6) is -1.17. The van der Waals surface area contributed by atoms with Crippen molar-refractivity contribution in [2.24, 2.45) is 0 Å². The molecule has 1 heterocycles. The zero-order chi connectivity index (χ0) is 26.0. The van der Waals surface area contributed by atoms with Crippen molar-refractivity contribution in [3.05, 3.63) is 120 Å². The molecule has 1 N–H and O–H groups in total. The van der Waals surface area contributed by atoms with Gasteiger partial charge in [-0.05, 0) is 36.2 Å². The predicted octanol–water partition coefficient (Wildman–Crippen LogP) is 4.36. The van der Waals surface area contributed by atoms with Crippen molar-refractivity contribution in [3.63, 3.8) is 0 Å². The summed E-state index contributed by atoms with van der Waals surface area (Å²) in [6.45, 7) is 3.67. The van der Waals surface area contributed by atoms with E-state index in [4.69, 9.17) is 18.9 Å². The smallest absolute Gasteiger partial charge is 0.338 e. The summed E-state index contributed by atoms with van der Waals surface area (Å²) in [5, 5.41) is 11.0. The molecule has 0 bridgehead atoms. The molecule has 1 saturated heterocycles. The molecule has 7 nitrogen and oxygen atoms in total. The van der Waals surface area contributed by atoms with Crippen molar-refractivity contribution in [3.8, 4) is 0 Å². The molecule has 0 aromatic heterocycles. The predicted molar refractivity (Wildman–Crippen MR) is 137 cm³/mol. The zero-order valence-corrected chi connectivity index (χ0v) is 20.3. The molecule has 3 aromatic rings. The highest BCUT2D eigenvalue weighted by atomic mass is 16.6. The third kappa shape index (κ3) is 6.92. The Labute approximate surface area is 216 Å². The molecule has 0 radical (unpaired) electrons. The molecule has 0 spiro atoms. The zero-order valence-electron chi connectivity index (χ0n) is 20.3. The number of ether oxygens (including phenoxy) is 4. The second-order valence-electron chi connectivity index (χ2n) is 8.69. The lowest BCUT2D eigenvalue weighted by Crippen LogP contribution is -2.45. The van der Waals surface area contributed by atoms with Crippen LogP contribution in [0.15, 0.2) is 104 Å². The van der Waals surface area contributed by atoms with Crippen LogP contribution in [-0.2, 0) is 25.6 Å². The van der Waals surface area contributed by atoms with Gasteiger partial charge < -0.3 is 24.1 Å². The standard InChI is InChI=1S/C30H30O7/c1-2-12-24-26(31)28(34-19-21-13-6-3-7-14-21)27(36-24)25(37-30(33)23-17-10-5-11-18-23)20-35-29(32)22-15-8-4-9-16-22/h2-11,13-18,24-28,31H,1,12,19-20H2/t24-,25?,26-,27+,28+/m0/s1. The molecule has 7 heteroatoms. The van der Waals surface area contributed by atoms with E-state index in [2.05, 4.69) is 6.58 Å². The second kappa shape index (κ2) is 13.0. The second-order valence-corrected chi connectivity index (χ2v) is 8.69. The highest BCUT2D eigenvalue weighted by Gasteiger charge is 2.49. The van der Waals surface area contributed by atoms with E-state index in [1.165, 1.54) is 0 Å². The fraction of sp³-hybridized carbons (Fsp3) is 0.267. The number of carbonyl (C=O) groups excluding carboxylic acids is 2. The van der Waals surface area contributed by atoms with E-state index in [0.29, 0.717) is 17.5 Å². The fourth-order valence-corrected chi connectivity index (χ4v) is 4.18. The molecule has 1 unspecified atom stereocenters. The minimum absolute atomic E-state index is 0.215. The first-order valence-electron chi connectivity index (χ1n) is 12.1. The first-order chi connectivity index (χ1) is 18.1. The number of rotatable bonds is 11. The molecular weight excluding hydrogens is 472 g/mol. The summed E-state index contributed by atoms with van der Waals surface area (Å²) in [6, 6.07) is 26.5. The number of carbonyl (C=O) groups is 2. The number of esters is 2. The van der Waals surface area contributed by atoms with Crippen LogP contribution in [0.5, 0.6) is 0 Å². The van der Waals surface area contributed by atoms with Crippen LogP contribution in [0.4, 0.5) is 0 Å². The number of aliphatic hydroxyl groups excluding tert-OH is 1. The van der Waals surface area contributed by atoms with E-state index < -0.39 is 42.5 Å². The maximum Gasteiger partial charge on any atom is 0.338 e. The largest absolute Gasteiger partial charge is 0.458 e. The summed E-state index contributed by atoms with van der Waals surface area (Å²) in [5.41, 5.74) is 1.61. The lowest BCUT2D eigenvalue weighted by atomic mass is 10.0. The van der Waals surface area contributed by atoms with Gasteiger partial charge in [0, 0.05) is 0 Å². The molecule has 37 heavy (non-hydrogen) atoms. The van der Waals surface area contributed by atoms with Crippen LogP contribution in [0.2, 0.25) is 0 Å². The van der Waals surface area contributed by atoms with Gasteiger partial charge >= 0.3 is 11.9 Å². The Morgan fingerprint density at radius 1 is 0.892 bits per heavy atom. The number of hydrogen-bond acceptors (Lipinski definition) is 7. The normalized spacial score (nSPS) is 21.6. The van der Waals surface area contributed by atoms with Gasteiger partial charge in [0.2, 0.25) is 0 Å². The Bertz CT molecular complexity index is 1150. The van der Waals surface area contributed by atoms with E-state index in [0.717, 1.165) is 5.56 Å². The van der Waals surface area contributed by atoms with Gasteiger partial charge in [0.05, 0.1) is 23.8 Å². The van der Waals surface area contributed by atoms with Crippen LogP contribution in [0.25, 0.3) is 0 Å². The molecule has 0 amide bonds. The molecule has 3 aromatic carbocycles. The topological polar surface area (TPSA) is 91.3 Å². The van der Waals surface area contributed by atoms with Gasteiger partial charge in [0.15, 0.2) is 6.10 Å². The molecule has 192 valence electrons. The lowest BCUT2D eigenvalue weighted by Gasteiger charge is -2.28. The van der Waals surface area contributed by atoms with Crippen LogP contribution in [0, 0.1) is 0 Å². The number of benzene rings is 3. The quantitative estimate of drug-likeness (QED) is 0.308. The van der Waals surface area contributed by atoms with Crippen LogP contribution in [-0.4, -0.2) is 54.2 Å². The Morgan fingerprint density at radius 2 is 1.46 bits per heavy atom. The van der Waals surface area contributed by atoms with Crippen LogP contribution < -0.4 is 0 Å². The van der Waals surface area contributed by atoms with Gasteiger partial charge in [-0.15, -0.1) is 6.58 Å². The molecule has 5 atom stereocenters. The maximum atomic E-state index is 13.0. The Kier molecular flexibility index (Phi) is 9.21. The summed E-state index contributed by atoms with van der Waals surface area (Å²) in [4.78, 5) is 25.6. The number of hydrogen-bond donors (Lipinski definition) is 1. The van der Waals surface area contributed by atoms with E-state index in [9.17, 15) is 14.7 Å². The monoisotopic (exact) mass is 502 g/mol. The van der Waals surface area contributed by atoms with Gasteiger partial charge in [-0.25, -0.2) is 9.59 Å². The van der Waals surface area contributed by atoms with Crippen LogP contribution in [0.1, 0.15) is 32.7 Å². The summed E-state index contributed by atoms with van der Waals surface area (Å²) in [6.07, 6.45) is -2.38. The van der Waals surface area contributed by atoms with E-state index in [-0.39, 0.29) is 13.2 Å². The maximum absolute atomic E-state index is 13.0. The van der Waals surface area contributed by atoms with Gasteiger partial charge in [-0.3, -0.25) is 0 Å². The minimum atomic E-state index is -1.04. The molecule has 1 fully saturated rings. The number of aliphatic hydroxyl groups is 1. The summed E-state index contributed by atoms with van der Waals surface area (Å²) in [7, 11) is 0. The third-order valence-electron chi connectivity index (χ3n) is 6.08. The van der Waals surface area contributed by atoms with Gasteiger partial charge in [0.1, 0.15) is 24.9 Å². The van der Waals surface area contributed by atoms with E-state index >= 15 is 0 Å². The van der Waals surface area contributed by atoms with Crippen molar-refractivity contribution in [2.75, 3.05) is 6.61 Å². The molecule has 4 rings (SSSR count). The van der Waals surface area contributed by atoms with E-state index in [1.807, 2.05) is 30.3 Å². The highest BCUT2D eigenvalue weighted by molar-refractivity contribution is 5.90. The third-order valence-corrected chi connectivity index (χ3v) is 6.08. The minimum Gasteiger partial charge on any atom is -0.458 e. The SMILES string of the molecule is C=CC[C@@H]1O[C@H](C(COC(=O)c2ccccc2)OC(=O)c2ccccc2)[C@H](OCc2ccccc2)[C@H]1O. The van der Waals surface area contributed by atoms with Gasteiger partial charge in [-0.1, -0.05) is 72.8 Å². The first kappa shape index (κ1) is 26.3. The fourth-order valence-electron chi connectivity index (χ4n) is 4.18. The summed E-state index contributed by atoms with van der Waals surface area (Å²) < 4.78 is 23.6. The Hall–Kier alpha value is -3.78. The molecule has 1 aliphatic heterocycles. The average Bonchev–Trinajstić information content (AvgIpc) is 3.25. The highest BCUT2D eigenvalue weighted by Crippen LogP contribution is 2.31. The molecule has 1 aliphatic rings. The van der Waals surface area contributed by atoms with E-state index in [1.54, 1.807) is 66.7 Å². The Balaban J connectivity index is 1.56. The van der Waals surface area contributed by atoms with Gasteiger partial charge in [0.25, 0.3) is 0 Å². The van der Waals surface area contributed by atoms with Gasteiger partial charge in [-0.2, -0.15) is 0 Å². The average molecular weight is 503 g/mol. The Morgan fingerprint density at radius 3 is 2.05 bits per heavy atom. The van der Waals surface area contributed by atoms with Crippen molar-refractivity contribution < 1.29 is 33.6 Å². The molecular formula is C30H30O7. The van der Waals surface area contributed by atoms with Crippen LogP contribution in [0.3, 0.4) is 0 Å². The van der Waals surface area contributed by atoms with Crippen molar-refractivity contribution in [1.29, 1.82) is 0 Å². The summed E-state index contributed by atoms with van der Waals surface area (Å²) >= 11 is 0.